The number of amides is 19. The molecule has 0 unspecified atom stereocenters. The van der Waals surface area contributed by atoms with Gasteiger partial charge in [0, 0.05) is 56.0 Å². The van der Waals surface area contributed by atoms with Crippen LogP contribution in [-0.2, 0) is 110 Å². The van der Waals surface area contributed by atoms with Gasteiger partial charge >= 0.3 is 0 Å². The molecule has 3 aromatic carbocycles. The summed E-state index contributed by atoms with van der Waals surface area (Å²) in [5.41, 5.74) is 25.4. The van der Waals surface area contributed by atoms with E-state index in [9.17, 15) is 53.4 Å². The lowest BCUT2D eigenvalue weighted by atomic mass is 9.98. The number of H-pyrrole nitrogens is 1. The van der Waals surface area contributed by atoms with E-state index in [1.165, 1.54) is 40.9 Å². The van der Waals surface area contributed by atoms with E-state index in [4.69, 9.17) is 28.3 Å². The molecule has 149 heavy (non-hydrogen) atoms. The molecule has 0 bridgehead atoms. The Hall–Kier alpha value is -13.6. The minimum Gasteiger partial charge on any atom is -0.508 e. The molecule has 0 aliphatic carbocycles. The number of para-hydroxylation sites is 1. The number of hydrogen-bond acceptors (Lipinski definition) is 25. The normalized spacial score (nSPS) is 25.2. The second-order valence-corrected chi connectivity index (χ2v) is 41.3. The van der Waals surface area contributed by atoms with Crippen LogP contribution in [0.5, 0.6) is 5.75 Å². The molecule has 17 atom stereocenters. The first kappa shape index (κ1) is 122. The number of thioether (sulfide) groups is 1. The van der Waals surface area contributed by atoms with Crippen LogP contribution in [0.1, 0.15) is 196 Å². The molecule has 4 aromatic rings. The lowest BCUT2D eigenvalue weighted by Gasteiger charge is -2.34. The molecule has 46 nitrogen and oxygen atoms in total. The number of aromatic nitrogens is 1. The summed E-state index contributed by atoms with van der Waals surface area (Å²) >= 11 is 1.33. The number of unbranched alkanes of at least 4 members (excludes halogenated alkanes) is 2. The van der Waals surface area contributed by atoms with E-state index < -0.39 is 270 Å². The minimum atomic E-state index is -1.78. The van der Waals surface area contributed by atoms with Gasteiger partial charge in [0.15, 0.2) is 5.96 Å². The van der Waals surface area contributed by atoms with E-state index in [0.29, 0.717) is 40.4 Å². The third-order valence-electron chi connectivity index (χ3n) is 26.2. The Morgan fingerprint density at radius 3 is 1.28 bits per heavy atom. The lowest BCUT2D eigenvalue weighted by Crippen LogP contribution is -2.62. The average molecular weight is 2100 g/mol. The maximum absolute atomic E-state index is 15.4. The SMILES string of the molecule is CSCC[C@@H]1NC(=O)[C@@H](C(C)C)NC(=O)[C@H](C(C)C)NC(=O)[C@H](Cc2ccc(O)cc2)NC(=O)[C@H](Cc2ccccc2)NC(=O)[C@H](CCCNC(=N)N)NC(=O)[C@@H]2CCCN2C(=O)[C@H]2CCCN2C(=O)[C@H](CC(N)=O)NC(=O)[C@H](C(C)C)NC(=O)[C@H](C(C)C)NC(=O)[C@H](CCCCN)NC(=O)[C@H](C(C)C)NC(=O)[C@H](CO)NC(=O)[C@H](CC(C)C)NC(=O)CNC(=O)[C@H](CCCCN)NC(=O)[C@H](Cc2c[nH]c3ccccc23)NC1=O. The number of phenols is 1. The molecule has 3 aliphatic heterocycles. The van der Waals surface area contributed by atoms with Crippen LogP contribution in [0.3, 0.4) is 0 Å². The van der Waals surface area contributed by atoms with Gasteiger partial charge in [0.1, 0.15) is 108 Å². The predicted molar refractivity (Wildman–Crippen MR) is 558 cm³/mol. The number of guanidine groups is 1. The Balaban J connectivity index is 1.28. The highest BCUT2D eigenvalue weighted by Gasteiger charge is 2.47. The van der Waals surface area contributed by atoms with Gasteiger partial charge in [-0.15, -0.1) is 0 Å². The van der Waals surface area contributed by atoms with Crippen molar-refractivity contribution < 1.29 is 101 Å². The van der Waals surface area contributed by atoms with Crippen LogP contribution in [0, 0.1) is 40.9 Å². The van der Waals surface area contributed by atoms with E-state index >= 15 is 47.9 Å². The molecule has 0 saturated carbocycles. The zero-order valence-corrected chi connectivity index (χ0v) is 88.3. The average Bonchev–Trinajstić information content (AvgIpc) is 1.68. The smallest absolute Gasteiger partial charge is 0.246 e. The molecule has 7 rings (SSSR count). The van der Waals surface area contributed by atoms with Crippen molar-refractivity contribution in [2.75, 3.05) is 57.9 Å². The van der Waals surface area contributed by atoms with E-state index in [-0.39, 0.29) is 146 Å². The highest BCUT2D eigenvalue weighted by molar-refractivity contribution is 7.98. The minimum absolute atomic E-state index is 0.00812. The van der Waals surface area contributed by atoms with Crippen LogP contribution >= 0.6 is 11.8 Å². The summed E-state index contributed by atoms with van der Waals surface area (Å²) in [5.74, 6) is -21.7. The number of aliphatic hydroxyl groups is 1. The van der Waals surface area contributed by atoms with Crippen molar-refractivity contribution in [2.45, 2.75) is 301 Å². The number of carbonyl (C=O) groups is 19. The Labute approximate surface area is 873 Å². The molecule has 1 aromatic heterocycles. The summed E-state index contributed by atoms with van der Waals surface area (Å²) in [6.07, 6.45) is 3.31. The number of aromatic amines is 1. The first-order chi connectivity index (χ1) is 70.7. The monoisotopic (exact) mass is 2100 g/mol. The first-order valence-corrected chi connectivity index (χ1v) is 52.8. The Bertz CT molecular complexity index is 5240. The number of fused-ring (bicyclic) bond motifs is 3. The fourth-order valence-corrected chi connectivity index (χ4v) is 18.3. The summed E-state index contributed by atoms with van der Waals surface area (Å²) in [7, 11) is 0. The van der Waals surface area contributed by atoms with Gasteiger partial charge in [-0.05, 0) is 185 Å². The van der Waals surface area contributed by atoms with E-state index in [1.807, 2.05) is 0 Å². The van der Waals surface area contributed by atoms with Gasteiger partial charge in [-0.25, -0.2) is 0 Å². The van der Waals surface area contributed by atoms with Crippen LogP contribution in [0.2, 0.25) is 0 Å². The van der Waals surface area contributed by atoms with Gasteiger partial charge in [0.25, 0.3) is 0 Å². The first-order valence-electron chi connectivity index (χ1n) is 51.4. The van der Waals surface area contributed by atoms with E-state index in [1.54, 1.807) is 150 Å². The van der Waals surface area contributed by atoms with Crippen LogP contribution in [0.15, 0.2) is 85.1 Å². The third kappa shape index (κ3) is 38.2. The fraction of sp³-hybridized carbons (Fsp3) is 0.608. The summed E-state index contributed by atoms with van der Waals surface area (Å²) < 4.78 is 0. The van der Waals surface area contributed by atoms with Crippen LogP contribution in [-0.4, -0.2) is 304 Å². The number of rotatable bonds is 31. The van der Waals surface area contributed by atoms with E-state index in [2.05, 4.69) is 95.4 Å². The van der Waals surface area contributed by atoms with Crippen LogP contribution in [0.4, 0.5) is 0 Å². The molecule has 47 heteroatoms. The zero-order chi connectivity index (χ0) is 110. The maximum Gasteiger partial charge on any atom is 0.246 e. The second-order valence-electron chi connectivity index (χ2n) is 40.4. The summed E-state index contributed by atoms with van der Waals surface area (Å²) in [6, 6.07) is -4.09. The summed E-state index contributed by atoms with van der Waals surface area (Å²) in [4.78, 5) is 286. The van der Waals surface area contributed by atoms with Gasteiger partial charge in [0.05, 0.1) is 19.6 Å². The predicted octanol–water partition coefficient (Wildman–Crippen LogP) is -2.25. The van der Waals surface area contributed by atoms with E-state index in [0.717, 1.165) is 4.90 Å². The van der Waals surface area contributed by atoms with Crippen molar-refractivity contribution in [3.8, 4) is 5.75 Å². The van der Waals surface area contributed by atoms with Gasteiger partial charge in [-0.3, -0.25) is 96.5 Å². The van der Waals surface area contributed by atoms with Crippen molar-refractivity contribution in [3.05, 3.63) is 102 Å². The Morgan fingerprint density at radius 2 is 0.799 bits per heavy atom. The zero-order valence-electron chi connectivity index (χ0n) is 87.5. The van der Waals surface area contributed by atoms with Gasteiger partial charge < -0.3 is 138 Å². The van der Waals surface area contributed by atoms with Crippen molar-refractivity contribution in [3.63, 3.8) is 0 Å². The topological polar surface area (TPSA) is 719 Å². The number of primary amides is 1. The number of aliphatic hydroxyl groups excluding tert-OH is 1. The molecule has 0 spiro atoms. The highest BCUT2D eigenvalue weighted by Crippen LogP contribution is 2.29. The Morgan fingerprint density at radius 1 is 0.416 bits per heavy atom. The van der Waals surface area contributed by atoms with Crippen LogP contribution in [0.25, 0.3) is 10.9 Å². The Kier molecular flexibility index (Phi) is 49.9. The summed E-state index contributed by atoms with van der Waals surface area (Å²) in [5, 5.41) is 75.4. The number of nitrogens with two attached hydrogens (primary N) is 4. The second kappa shape index (κ2) is 60.8. The third-order valence-corrected chi connectivity index (χ3v) is 26.8. The van der Waals surface area contributed by atoms with Crippen molar-refractivity contribution in [2.24, 2.45) is 58.4 Å². The number of aromatic hydroxyl groups is 1. The number of phenolic OH excluding ortho intramolecular Hbond substituents is 1. The standard InChI is InChI=1S/C102H157N25O21S/c1-54(2)46-70-89(136)120-75(53-128)93(140)123-80(55(3)4)95(142)114-67(31-20-22-41-104)88(135)121-83(58(9)10)98(145)125-82(57(7)8)97(144)119-74(50-78(105)130)100(147)127-44-25-34-77(127)101(148)126-43-24-33-76(126)94(141)113-68(32-23-42-108-102(106)107)86(133)116-71(47-60-26-15-14-16-27-60)90(137)117-72(48-61-35-37-63(129)38-36-61)92(139)122-84(59(11)12)99(146)124-81(56(5)6)96(143)115-69(39-45-149-13)87(134)118-73(49-62-51-109-65-29-18-17-28-64(62)65)91(138)112-66(30-19-21-40-103)85(132)110-52-79(131)111-70/h14-18,26-29,35-38,51,54-59,66-77,80-84,109,128-129H,19-25,30-34,39-50,52-53,103-104H2,1-13H3,(H2,105,130)(H,110,132)(H,111,131)(H,112,138)(H,113,141)(H,114,142)(H,115,143)(H,116,133)(H,117,137)(H,118,134)(H,119,144)(H,120,136)(H,121,135)(H,122,139)(H,123,140)(H,124,146)(H,125,145)(H4,106,107,108)/t66-,67-,68-,69-,70-,71-,72-,73-,74-,75-,76-,77+,80-,81+,82-,83-,84-/m0/s1. The van der Waals surface area contributed by atoms with Crippen molar-refractivity contribution in [1.29, 1.82) is 5.41 Å². The maximum atomic E-state index is 15.4. The number of benzene rings is 3. The highest BCUT2D eigenvalue weighted by atomic mass is 32.2. The van der Waals surface area contributed by atoms with Crippen LogP contribution < -0.4 is 113 Å². The number of carbonyl (C=O) groups excluding carboxylic acids is 19. The molecule has 3 aliphatic rings. The number of hydrogen-bond donors (Lipinski definition) is 25. The molecule has 3 fully saturated rings. The van der Waals surface area contributed by atoms with Gasteiger partial charge in [0.2, 0.25) is 112 Å². The molecule has 822 valence electrons. The molecule has 19 amide bonds. The molecular weight excluding hydrogens is 1940 g/mol. The molecule has 29 N–H and O–H groups in total. The largest absolute Gasteiger partial charge is 0.508 e. The molecule has 3 saturated heterocycles. The van der Waals surface area contributed by atoms with Crippen molar-refractivity contribution >= 4 is 141 Å². The molecule has 4 heterocycles. The summed E-state index contributed by atoms with van der Waals surface area (Å²) in [6.45, 7) is 17.8. The fourth-order valence-electron chi connectivity index (χ4n) is 17.8. The van der Waals surface area contributed by atoms with Gasteiger partial charge in [-0.2, -0.15) is 11.8 Å². The molecular formula is C102H157N25O21S. The molecule has 0 radical (unpaired) electrons. The number of nitrogens with zero attached hydrogens (tertiary/aromatic N) is 2. The lowest BCUT2D eigenvalue weighted by molar-refractivity contribution is -0.148. The van der Waals surface area contributed by atoms with Crippen molar-refractivity contribution in [1.82, 2.24) is 105 Å². The number of nitrogens with one attached hydrogen (secondary N) is 19. The quantitative estimate of drug-likeness (QED) is 0.0144. The van der Waals surface area contributed by atoms with Gasteiger partial charge in [-0.1, -0.05) is 144 Å².